The molecule has 1 aromatic rings. The Kier molecular flexibility index (Phi) is 21.6. The van der Waals surface area contributed by atoms with E-state index in [1.54, 1.807) is 0 Å². The summed E-state index contributed by atoms with van der Waals surface area (Å²) < 4.78 is 0. The van der Waals surface area contributed by atoms with E-state index in [2.05, 4.69) is 6.07 Å². The Morgan fingerprint density at radius 2 is 1.33 bits per heavy atom. The largest absolute Gasteiger partial charge is 0.358 e. The van der Waals surface area contributed by atoms with Gasteiger partial charge in [-0.15, -0.1) is 0 Å². The second-order valence-corrected chi connectivity index (χ2v) is 1.08. The van der Waals surface area contributed by atoms with Crippen molar-refractivity contribution in [1.82, 2.24) is 0 Å². The molecular weight excluding hydrogens is 357 g/mol. The van der Waals surface area contributed by atoms with Gasteiger partial charge in [-0.2, -0.15) is 36.4 Å². The first-order valence-corrected chi connectivity index (χ1v) is 1.91. The summed E-state index contributed by atoms with van der Waals surface area (Å²) in [5, 5.41) is 0. The van der Waals surface area contributed by atoms with E-state index in [9.17, 15) is 0 Å². The topological polar surface area (TPSA) is 0 Å². The molecule has 9 heavy (non-hydrogen) atoms. The smallest absolute Gasteiger partial charge is 0 e. The van der Waals surface area contributed by atoms with Crippen LogP contribution in [0.1, 0.15) is 0 Å². The zero-order valence-electron chi connectivity index (χ0n) is 5.37. The van der Waals surface area contributed by atoms with Gasteiger partial charge in [0.25, 0.3) is 0 Å². The van der Waals surface area contributed by atoms with E-state index in [4.69, 9.17) is 0 Å². The molecule has 0 amide bonds. The SMILES string of the molecule is [CH3-].[W].[Y].[c-]1ccccc1. The van der Waals surface area contributed by atoms with E-state index < -0.39 is 0 Å². The summed E-state index contributed by atoms with van der Waals surface area (Å²) in [6.07, 6.45) is 0. The molecule has 2 heteroatoms. The molecule has 0 N–H and O–H groups in total. The van der Waals surface area contributed by atoms with Gasteiger partial charge < -0.3 is 7.43 Å². The summed E-state index contributed by atoms with van der Waals surface area (Å²) in [7, 11) is 0. The quantitative estimate of drug-likeness (QED) is 0.617. The van der Waals surface area contributed by atoms with Crippen LogP contribution in [-0.2, 0) is 53.8 Å². The third kappa shape index (κ3) is 9.01. The summed E-state index contributed by atoms with van der Waals surface area (Å²) in [5.41, 5.74) is 0. The zero-order chi connectivity index (χ0) is 4.24. The molecule has 0 aliphatic rings. The standard InChI is InChI=1S/C6H5.CH3.W.Y/c1-2-4-6-5-3-1;;;/h1-5H;1H3;;/q2*-1;;. The molecule has 47 valence electrons. The zero-order valence-corrected chi connectivity index (χ0v) is 11.1. The monoisotopic (exact) mass is 365 g/mol. The Balaban J connectivity index is -0.000000120. The first kappa shape index (κ1) is 16.5. The van der Waals surface area contributed by atoms with Crippen molar-refractivity contribution >= 4 is 0 Å². The van der Waals surface area contributed by atoms with Gasteiger partial charge in [0, 0.05) is 53.8 Å². The van der Waals surface area contributed by atoms with Crippen molar-refractivity contribution in [3.63, 3.8) is 0 Å². The van der Waals surface area contributed by atoms with Crippen molar-refractivity contribution in [2.75, 3.05) is 0 Å². The molecule has 1 aromatic carbocycles. The van der Waals surface area contributed by atoms with Gasteiger partial charge in [0.2, 0.25) is 0 Å². The molecule has 0 saturated heterocycles. The van der Waals surface area contributed by atoms with Crippen LogP contribution >= 0.6 is 0 Å². The maximum absolute atomic E-state index is 2.89. The summed E-state index contributed by atoms with van der Waals surface area (Å²) in [4.78, 5) is 0. The van der Waals surface area contributed by atoms with Crippen LogP contribution in [0.15, 0.2) is 30.3 Å². The van der Waals surface area contributed by atoms with Crippen LogP contribution in [0.2, 0.25) is 0 Å². The normalized spacial score (nSPS) is 5.33. The van der Waals surface area contributed by atoms with E-state index in [0.29, 0.717) is 0 Å². The fraction of sp³-hybridized carbons (Fsp3) is 0. The van der Waals surface area contributed by atoms with Gasteiger partial charge in [0.15, 0.2) is 0 Å². The fourth-order valence-electron chi connectivity index (χ4n) is 0.342. The van der Waals surface area contributed by atoms with Gasteiger partial charge in [-0.25, -0.2) is 0 Å². The van der Waals surface area contributed by atoms with E-state index in [-0.39, 0.29) is 61.2 Å². The van der Waals surface area contributed by atoms with Gasteiger partial charge in [0.1, 0.15) is 0 Å². The maximum Gasteiger partial charge on any atom is 0 e. The first-order chi connectivity index (χ1) is 3.00. The van der Waals surface area contributed by atoms with Crippen molar-refractivity contribution in [3.05, 3.63) is 43.8 Å². The summed E-state index contributed by atoms with van der Waals surface area (Å²) in [6.45, 7) is 0. The van der Waals surface area contributed by atoms with Crippen LogP contribution in [-0.4, -0.2) is 0 Å². The number of hydrogen-bond acceptors (Lipinski definition) is 0. The van der Waals surface area contributed by atoms with Crippen LogP contribution in [0.25, 0.3) is 0 Å². The van der Waals surface area contributed by atoms with E-state index >= 15 is 0 Å². The molecular formula is C7H8WY-2. The average Bonchev–Trinajstić information content (AvgIpc) is 1.72. The summed E-state index contributed by atoms with van der Waals surface area (Å²) >= 11 is 0. The number of rotatable bonds is 0. The molecule has 0 aromatic heterocycles. The van der Waals surface area contributed by atoms with Gasteiger partial charge in [-0.1, -0.05) is 0 Å². The minimum absolute atomic E-state index is 0. The molecule has 0 aliphatic heterocycles. The van der Waals surface area contributed by atoms with Crippen molar-refractivity contribution in [3.8, 4) is 0 Å². The molecule has 0 spiro atoms. The second kappa shape index (κ2) is 11.8. The van der Waals surface area contributed by atoms with Crippen LogP contribution in [0.5, 0.6) is 0 Å². The van der Waals surface area contributed by atoms with Gasteiger partial charge in [-0.05, 0) is 0 Å². The van der Waals surface area contributed by atoms with E-state index in [1.807, 2.05) is 30.3 Å². The minimum atomic E-state index is 0. The third-order valence-corrected chi connectivity index (χ3v) is 0.607. The van der Waals surface area contributed by atoms with Crippen molar-refractivity contribution < 1.29 is 53.8 Å². The molecule has 0 fully saturated rings. The molecule has 0 atom stereocenters. The van der Waals surface area contributed by atoms with Crippen LogP contribution in [0.3, 0.4) is 0 Å². The predicted molar refractivity (Wildman–Crippen MR) is 31.7 cm³/mol. The number of benzene rings is 1. The third-order valence-electron chi connectivity index (χ3n) is 0.607. The Hall–Kier alpha value is 1.01. The molecule has 0 aliphatic carbocycles. The summed E-state index contributed by atoms with van der Waals surface area (Å²) in [6, 6.07) is 12.5. The van der Waals surface area contributed by atoms with Crippen molar-refractivity contribution in [2.24, 2.45) is 0 Å². The van der Waals surface area contributed by atoms with Gasteiger partial charge >= 0.3 is 0 Å². The van der Waals surface area contributed by atoms with E-state index in [0.717, 1.165) is 0 Å². The molecule has 1 radical (unpaired) electrons. The first-order valence-electron chi connectivity index (χ1n) is 1.91. The number of hydrogen-bond donors (Lipinski definition) is 0. The Labute approximate surface area is 96.6 Å². The van der Waals surface area contributed by atoms with Crippen molar-refractivity contribution in [1.29, 1.82) is 0 Å². The van der Waals surface area contributed by atoms with Crippen molar-refractivity contribution in [2.45, 2.75) is 0 Å². The van der Waals surface area contributed by atoms with E-state index in [1.165, 1.54) is 0 Å². The Morgan fingerprint density at radius 1 is 0.889 bits per heavy atom. The Bertz CT molecular complexity index is 80.8. The van der Waals surface area contributed by atoms with Crippen LogP contribution in [0, 0.1) is 13.5 Å². The molecule has 0 bridgehead atoms. The second-order valence-electron chi connectivity index (χ2n) is 1.08. The maximum atomic E-state index is 2.89. The predicted octanol–water partition coefficient (Wildman–Crippen LogP) is 1.93. The molecule has 1 rings (SSSR count). The van der Waals surface area contributed by atoms with Gasteiger partial charge in [-0.3, -0.25) is 0 Å². The minimum Gasteiger partial charge on any atom is -0.358 e. The summed E-state index contributed by atoms with van der Waals surface area (Å²) in [5.74, 6) is 0. The van der Waals surface area contributed by atoms with Crippen LogP contribution in [0.4, 0.5) is 0 Å². The molecule has 0 heterocycles. The van der Waals surface area contributed by atoms with Crippen LogP contribution < -0.4 is 0 Å². The molecule has 0 unspecified atom stereocenters. The van der Waals surface area contributed by atoms with Gasteiger partial charge in [0.05, 0.1) is 0 Å². The Morgan fingerprint density at radius 3 is 1.44 bits per heavy atom. The molecule has 0 saturated carbocycles. The fourth-order valence-corrected chi connectivity index (χ4v) is 0.342. The molecule has 0 nitrogen and oxygen atoms in total. The average molecular weight is 365 g/mol.